The lowest BCUT2D eigenvalue weighted by Crippen LogP contribution is -2.34. The molecule has 2 amide bonds. The van der Waals surface area contributed by atoms with E-state index in [2.05, 4.69) is 5.10 Å². The fourth-order valence-corrected chi connectivity index (χ4v) is 3.15. The zero-order chi connectivity index (χ0) is 18.1. The van der Waals surface area contributed by atoms with Gasteiger partial charge in [0.05, 0.1) is 17.8 Å². The number of rotatable bonds is 4. The molecule has 6 nitrogen and oxygen atoms in total. The van der Waals surface area contributed by atoms with Crippen molar-refractivity contribution >= 4 is 17.5 Å². The van der Waals surface area contributed by atoms with Gasteiger partial charge in [-0.2, -0.15) is 5.10 Å². The molecule has 1 aromatic carbocycles. The van der Waals surface area contributed by atoms with Crippen molar-refractivity contribution in [2.45, 2.75) is 19.9 Å². The highest BCUT2D eigenvalue weighted by Crippen LogP contribution is 2.29. The van der Waals surface area contributed by atoms with Gasteiger partial charge >= 0.3 is 0 Å². The number of amides is 2. The molecule has 1 atom stereocenters. The maximum atomic E-state index is 14.2. The summed E-state index contributed by atoms with van der Waals surface area (Å²) in [5, 5.41) is 4.08. The molecule has 0 N–H and O–H groups in total. The van der Waals surface area contributed by atoms with Gasteiger partial charge in [-0.3, -0.25) is 14.3 Å². The number of hydrogen-bond acceptors (Lipinski definition) is 3. The van der Waals surface area contributed by atoms with Gasteiger partial charge in [0.25, 0.3) is 0 Å². The number of anilines is 1. The summed E-state index contributed by atoms with van der Waals surface area (Å²) in [5.74, 6) is -1.25. The molecular weight excluding hydrogens is 323 g/mol. The minimum atomic E-state index is -0.463. The quantitative estimate of drug-likeness (QED) is 0.851. The van der Waals surface area contributed by atoms with Crippen LogP contribution in [-0.2, 0) is 23.2 Å². The fourth-order valence-electron chi connectivity index (χ4n) is 3.15. The SMILES string of the molecule is Cc1ccc(N2CC(C(=O)N(C)Cc3cnn(C)c3)CC2=O)c(F)c1. The molecule has 2 heterocycles. The first kappa shape index (κ1) is 17.1. The van der Waals surface area contributed by atoms with E-state index in [0.29, 0.717) is 6.54 Å². The normalized spacial score (nSPS) is 17.2. The van der Waals surface area contributed by atoms with E-state index in [1.807, 2.05) is 13.2 Å². The van der Waals surface area contributed by atoms with Crippen molar-refractivity contribution in [1.82, 2.24) is 14.7 Å². The summed E-state index contributed by atoms with van der Waals surface area (Å²) in [6, 6.07) is 4.75. The van der Waals surface area contributed by atoms with Gasteiger partial charge in [0, 0.05) is 45.4 Å². The molecule has 25 heavy (non-hydrogen) atoms. The van der Waals surface area contributed by atoms with Crippen LogP contribution in [-0.4, -0.2) is 40.1 Å². The van der Waals surface area contributed by atoms with Crippen molar-refractivity contribution < 1.29 is 14.0 Å². The Morgan fingerprint density at radius 2 is 2.20 bits per heavy atom. The van der Waals surface area contributed by atoms with Crippen LogP contribution in [0.4, 0.5) is 10.1 Å². The van der Waals surface area contributed by atoms with Gasteiger partial charge in [0.15, 0.2) is 0 Å². The third-order valence-electron chi connectivity index (χ3n) is 4.42. The second-order valence-corrected chi connectivity index (χ2v) is 6.58. The van der Waals surface area contributed by atoms with Crippen molar-refractivity contribution in [3.63, 3.8) is 0 Å². The van der Waals surface area contributed by atoms with E-state index in [0.717, 1.165) is 11.1 Å². The number of carbonyl (C=O) groups is 2. The summed E-state index contributed by atoms with van der Waals surface area (Å²) in [7, 11) is 3.52. The second kappa shape index (κ2) is 6.66. The standard InChI is InChI=1S/C18H21FN4O2/c1-12-4-5-16(15(19)6-12)23-11-14(7-17(23)24)18(25)21(2)9-13-8-20-22(3)10-13/h4-6,8,10,14H,7,9,11H2,1-3H3. The average molecular weight is 344 g/mol. The molecule has 0 saturated carbocycles. The number of halogens is 1. The number of hydrogen-bond donors (Lipinski definition) is 0. The van der Waals surface area contributed by atoms with Crippen molar-refractivity contribution in [2.24, 2.45) is 13.0 Å². The van der Waals surface area contributed by atoms with Crippen LogP contribution in [0, 0.1) is 18.7 Å². The van der Waals surface area contributed by atoms with Gasteiger partial charge in [-0.05, 0) is 24.6 Å². The number of aryl methyl sites for hydroxylation is 2. The van der Waals surface area contributed by atoms with Gasteiger partial charge in [-0.1, -0.05) is 6.07 Å². The maximum Gasteiger partial charge on any atom is 0.228 e. The van der Waals surface area contributed by atoms with Crippen LogP contribution in [0.5, 0.6) is 0 Å². The third kappa shape index (κ3) is 3.55. The van der Waals surface area contributed by atoms with Crippen LogP contribution in [0.1, 0.15) is 17.5 Å². The second-order valence-electron chi connectivity index (χ2n) is 6.58. The Morgan fingerprint density at radius 1 is 1.44 bits per heavy atom. The molecule has 7 heteroatoms. The average Bonchev–Trinajstić information content (AvgIpc) is 3.12. The lowest BCUT2D eigenvalue weighted by atomic mass is 10.1. The number of aromatic nitrogens is 2. The van der Waals surface area contributed by atoms with Crippen molar-refractivity contribution in [3.05, 3.63) is 47.5 Å². The first-order valence-electron chi connectivity index (χ1n) is 8.14. The minimum absolute atomic E-state index is 0.101. The van der Waals surface area contributed by atoms with Gasteiger partial charge < -0.3 is 9.80 Å². The molecule has 0 bridgehead atoms. The predicted octanol–water partition coefficient (Wildman–Crippen LogP) is 1.88. The highest BCUT2D eigenvalue weighted by molar-refractivity contribution is 6.00. The van der Waals surface area contributed by atoms with Crippen molar-refractivity contribution in [3.8, 4) is 0 Å². The van der Waals surface area contributed by atoms with E-state index in [1.54, 1.807) is 41.9 Å². The fraction of sp³-hybridized carbons (Fsp3) is 0.389. The van der Waals surface area contributed by atoms with Crippen LogP contribution in [0.2, 0.25) is 0 Å². The van der Waals surface area contributed by atoms with Crippen LogP contribution in [0.25, 0.3) is 0 Å². The van der Waals surface area contributed by atoms with Gasteiger partial charge in [0.2, 0.25) is 11.8 Å². The number of carbonyl (C=O) groups excluding carboxylic acids is 2. The molecule has 0 aliphatic carbocycles. The minimum Gasteiger partial charge on any atom is -0.341 e. The van der Waals surface area contributed by atoms with E-state index >= 15 is 0 Å². The lowest BCUT2D eigenvalue weighted by molar-refractivity contribution is -0.135. The van der Waals surface area contributed by atoms with Gasteiger partial charge in [-0.25, -0.2) is 4.39 Å². The van der Waals surface area contributed by atoms with Crippen LogP contribution < -0.4 is 4.90 Å². The van der Waals surface area contributed by atoms with Gasteiger partial charge in [-0.15, -0.1) is 0 Å². The molecule has 1 aromatic heterocycles. The largest absolute Gasteiger partial charge is 0.341 e. The highest BCUT2D eigenvalue weighted by Gasteiger charge is 2.37. The lowest BCUT2D eigenvalue weighted by Gasteiger charge is -2.21. The molecule has 132 valence electrons. The molecule has 3 rings (SSSR count). The van der Waals surface area contributed by atoms with E-state index in [-0.39, 0.29) is 30.5 Å². The summed E-state index contributed by atoms with van der Waals surface area (Å²) in [6.45, 7) is 2.42. The summed E-state index contributed by atoms with van der Waals surface area (Å²) in [6.07, 6.45) is 3.65. The maximum absolute atomic E-state index is 14.2. The molecule has 1 saturated heterocycles. The first-order chi connectivity index (χ1) is 11.8. The first-order valence-corrected chi connectivity index (χ1v) is 8.14. The molecular formula is C18H21FN4O2. The van der Waals surface area contributed by atoms with E-state index in [4.69, 9.17) is 0 Å². The predicted molar refractivity (Wildman–Crippen MR) is 91.3 cm³/mol. The highest BCUT2D eigenvalue weighted by atomic mass is 19.1. The van der Waals surface area contributed by atoms with E-state index in [9.17, 15) is 14.0 Å². The summed E-state index contributed by atoms with van der Waals surface area (Å²) >= 11 is 0. The molecule has 1 aliphatic heterocycles. The Balaban J connectivity index is 1.69. The van der Waals surface area contributed by atoms with Crippen LogP contribution in [0.3, 0.4) is 0 Å². The Morgan fingerprint density at radius 3 is 2.84 bits per heavy atom. The van der Waals surface area contributed by atoms with E-state index in [1.165, 1.54) is 11.0 Å². The smallest absolute Gasteiger partial charge is 0.228 e. The topological polar surface area (TPSA) is 58.4 Å². The Hall–Kier alpha value is -2.70. The molecule has 1 fully saturated rings. The van der Waals surface area contributed by atoms with Crippen molar-refractivity contribution in [2.75, 3.05) is 18.5 Å². The van der Waals surface area contributed by atoms with E-state index < -0.39 is 11.7 Å². The Bertz CT molecular complexity index is 817. The van der Waals surface area contributed by atoms with Crippen molar-refractivity contribution in [1.29, 1.82) is 0 Å². The molecule has 0 radical (unpaired) electrons. The molecule has 0 spiro atoms. The summed E-state index contributed by atoms with van der Waals surface area (Å²) < 4.78 is 15.8. The Labute approximate surface area is 145 Å². The zero-order valence-corrected chi connectivity index (χ0v) is 14.6. The van der Waals surface area contributed by atoms with Crippen LogP contribution in [0.15, 0.2) is 30.6 Å². The number of nitrogens with zero attached hydrogens (tertiary/aromatic N) is 4. The zero-order valence-electron chi connectivity index (χ0n) is 14.6. The monoisotopic (exact) mass is 344 g/mol. The van der Waals surface area contributed by atoms with Crippen LogP contribution >= 0.6 is 0 Å². The Kier molecular flexibility index (Phi) is 4.57. The summed E-state index contributed by atoms with van der Waals surface area (Å²) in [5.41, 5.74) is 1.95. The third-order valence-corrected chi connectivity index (χ3v) is 4.42. The number of benzene rings is 1. The summed E-state index contributed by atoms with van der Waals surface area (Å²) in [4.78, 5) is 27.9. The molecule has 1 unspecified atom stereocenters. The molecule has 1 aliphatic rings. The molecule has 2 aromatic rings. The van der Waals surface area contributed by atoms with Gasteiger partial charge in [0.1, 0.15) is 5.82 Å².